The van der Waals surface area contributed by atoms with Crippen molar-refractivity contribution < 1.29 is 9.53 Å². The van der Waals surface area contributed by atoms with Crippen LogP contribution in [-0.4, -0.2) is 29.6 Å². The van der Waals surface area contributed by atoms with Crippen LogP contribution in [0.4, 0.5) is 0 Å². The first-order chi connectivity index (χ1) is 7.21. The van der Waals surface area contributed by atoms with Gasteiger partial charge < -0.3 is 15.8 Å². The zero-order valence-electron chi connectivity index (χ0n) is 8.23. The van der Waals surface area contributed by atoms with Crippen LogP contribution >= 0.6 is 11.3 Å². The van der Waals surface area contributed by atoms with Gasteiger partial charge in [0.2, 0.25) is 5.91 Å². The molecule has 0 radical (unpaired) electrons. The number of carbonyl (C=O) groups excluding carboxylic acids is 1. The fourth-order valence-corrected chi connectivity index (χ4v) is 1.97. The number of nitrogens with zero attached hydrogens (tertiary/aromatic N) is 1. The minimum absolute atomic E-state index is 0.145. The van der Waals surface area contributed by atoms with Crippen molar-refractivity contribution in [2.45, 2.75) is 18.5 Å². The molecule has 15 heavy (non-hydrogen) atoms. The van der Waals surface area contributed by atoms with Gasteiger partial charge in [-0.15, -0.1) is 11.3 Å². The molecule has 3 N–H and O–H groups in total. The van der Waals surface area contributed by atoms with E-state index in [4.69, 9.17) is 10.5 Å². The second-order valence-corrected chi connectivity index (χ2v) is 4.58. The topological polar surface area (TPSA) is 77.2 Å². The predicted molar refractivity (Wildman–Crippen MR) is 56.3 cm³/mol. The largest absolute Gasteiger partial charge is 0.379 e. The molecule has 0 saturated carbocycles. The lowest BCUT2D eigenvalue weighted by molar-refractivity contribution is -0.126. The number of nitrogens with one attached hydrogen (secondary N) is 1. The third kappa shape index (κ3) is 2.34. The van der Waals surface area contributed by atoms with E-state index >= 15 is 0 Å². The third-order valence-corrected chi connectivity index (χ3v) is 3.19. The van der Waals surface area contributed by atoms with Gasteiger partial charge in [0.1, 0.15) is 5.54 Å². The molecule has 2 heterocycles. The Bertz CT molecular complexity index is 333. The summed E-state index contributed by atoms with van der Waals surface area (Å²) in [5, 5.41) is 2.79. The lowest BCUT2D eigenvalue weighted by Crippen LogP contribution is -2.54. The predicted octanol–water partition coefficient (Wildman–Crippen LogP) is -0.123. The van der Waals surface area contributed by atoms with E-state index in [0.717, 1.165) is 4.88 Å². The highest BCUT2D eigenvalue weighted by molar-refractivity contribution is 7.09. The van der Waals surface area contributed by atoms with Crippen LogP contribution in [0.3, 0.4) is 0 Å². The number of thiazole rings is 1. The van der Waals surface area contributed by atoms with E-state index in [1.165, 1.54) is 11.3 Å². The maximum atomic E-state index is 11.7. The van der Waals surface area contributed by atoms with Crippen molar-refractivity contribution in [2.75, 3.05) is 13.2 Å². The van der Waals surface area contributed by atoms with E-state index in [1.54, 1.807) is 11.7 Å². The number of ether oxygens (including phenoxy) is 1. The van der Waals surface area contributed by atoms with E-state index in [2.05, 4.69) is 10.3 Å². The smallest absolute Gasteiger partial charge is 0.242 e. The lowest BCUT2D eigenvalue weighted by atomic mass is 9.99. The van der Waals surface area contributed by atoms with E-state index in [-0.39, 0.29) is 5.91 Å². The molecule has 0 bridgehead atoms. The number of aromatic nitrogens is 1. The van der Waals surface area contributed by atoms with Crippen molar-refractivity contribution >= 4 is 17.2 Å². The van der Waals surface area contributed by atoms with Crippen molar-refractivity contribution in [1.29, 1.82) is 0 Å². The zero-order valence-corrected chi connectivity index (χ0v) is 9.05. The van der Waals surface area contributed by atoms with Gasteiger partial charge in [-0.2, -0.15) is 0 Å². The summed E-state index contributed by atoms with van der Waals surface area (Å²) in [4.78, 5) is 16.7. The highest BCUT2D eigenvalue weighted by atomic mass is 32.1. The summed E-state index contributed by atoms with van der Waals surface area (Å²) in [5.41, 5.74) is 6.78. The van der Waals surface area contributed by atoms with E-state index < -0.39 is 5.54 Å². The first-order valence-corrected chi connectivity index (χ1v) is 5.61. The quantitative estimate of drug-likeness (QED) is 0.754. The molecule has 1 fully saturated rings. The summed E-state index contributed by atoms with van der Waals surface area (Å²) < 4.78 is 5.12. The van der Waals surface area contributed by atoms with Crippen molar-refractivity contribution in [1.82, 2.24) is 10.3 Å². The normalized spacial score (nSPS) is 25.4. The van der Waals surface area contributed by atoms with Crippen LogP contribution in [0.2, 0.25) is 0 Å². The molecule has 1 aromatic rings. The van der Waals surface area contributed by atoms with Gasteiger partial charge in [0.05, 0.1) is 18.7 Å². The summed E-state index contributed by atoms with van der Waals surface area (Å²) in [6, 6.07) is 0. The van der Waals surface area contributed by atoms with Crippen molar-refractivity contribution in [3.63, 3.8) is 0 Å². The van der Waals surface area contributed by atoms with E-state index in [9.17, 15) is 4.79 Å². The molecule has 0 aliphatic carbocycles. The number of carbonyl (C=O) groups is 1. The van der Waals surface area contributed by atoms with Crippen molar-refractivity contribution in [3.8, 4) is 0 Å². The molecule has 6 heteroatoms. The lowest BCUT2D eigenvalue weighted by Gasteiger charge is -2.20. The summed E-state index contributed by atoms with van der Waals surface area (Å²) >= 11 is 1.51. The molecule has 0 spiro atoms. The minimum Gasteiger partial charge on any atom is -0.379 e. The Kier molecular flexibility index (Phi) is 2.99. The Morgan fingerprint density at radius 1 is 1.80 bits per heavy atom. The number of nitrogens with two attached hydrogens (primary N) is 1. The second-order valence-electron chi connectivity index (χ2n) is 3.61. The Morgan fingerprint density at radius 3 is 3.27 bits per heavy atom. The van der Waals surface area contributed by atoms with Gasteiger partial charge in [-0.3, -0.25) is 9.78 Å². The molecule has 1 unspecified atom stereocenters. The Balaban J connectivity index is 1.87. The maximum absolute atomic E-state index is 11.7. The van der Waals surface area contributed by atoms with Gasteiger partial charge in [-0.25, -0.2) is 0 Å². The number of hydrogen-bond donors (Lipinski definition) is 2. The molecule has 1 aliphatic rings. The average molecular weight is 227 g/mol. The van der Waals surface area contributed by atoms with Crippen LogP contribution in [0.5, 0.6) is 0 Å². The molecular weight excluding hydrogens is 214 g/mol. The fraction of sp³-hybridized carbons (Fsp3) is 0.556. The Labute approximate surface area is 91.6 Å². The molecule has 1 amide bonds. The number of rotatable bonds is 3. The molecule has 1 aromatic heterocycles. The Morgan fingerprint density at radius 2 is 2.67 bits per heavy atom. The third-order valence-electron chi connectivity index (χ3n) is 2.41. The van der Waals surface area contributed by atoms with Gasteiger partial charge >= 0.3 is 0 Å². The van der Waals surface area contributed by atoms with Crippen molar-refractivity contribution in [3.05, 3.63) is 16.6 Å². The highest BCUT2D eigenvalue weighted by Crippen LogP contribution is 2.15. The summed E-state index contributed by atoms with van der Waals surface area (Å²) in [6.45, 7) is 1.36. The Hall–Kier alpha value is -0.980. The van der Waals surface area contributed by atoms with Crippen LogP contribution in [0, 0.1) is 0 Å². The minimum atomic E-state index is -0.843. The standard InChI is InChI=1S/C9H13N3O2S/c10-9(1-2-14-5-9)8(13)12-4-7-3-11-6-15-7/h3,6H,1-2,4-5,10H2,(H,12,13). The van der Waals surface area contributed by atoms with Gasteiger partial charge in [0.25, 0.3) is 0 Å². The van der Waals surface area contributed by atoms with Crippen LogP contribution in [-0.2, 0) is 16.1 Å². The summed E-state index contributed by atoms with van der Waals surface area (Å²) in [5.74, 6) is -0.145. The van der Waals surface area contributed by atoms with E-state index in [0.29, 0.717) is 26.2 Å². The zero-order chi connectivity index (χ0) is 10.7. The van der Waals surface area contributed by atoms with Gasteiger partial charge in [0.15, 0.2) is 0 Å². The number of hydrogen-bond acceptors (Lipinski definition) is 5. The van der Waals surface area contributed by atoms with Gasteiger partial charge in [-0.05, 0) is 6.42 Å². The first-order valence-electron chi connectivity index (χ1n) is 4.73. The number of amides is 1. The molecule has 1 saturated heterocycles. The van der Waals surface area contributed by atoms with Gasteiger partial charge in [0, 0.05) is 17.7 Å². The molecule has 0 aromatic carbocycles. The van der Waals surface area contributed by atoms with Crippen LogP contribution in [0.1, 0.15) is 11.3 Å². The molecule has 82 valence electrons. The van der Waals surface area contributed by atoms with Crippen molar-refractivity contribution in [2.24, 2.45) is 5.73 Å². The monoisotopic (exact) mass is 227 g/mol. The van der Waals surface area contributed by atoms with Crippen LogP contribution in [0.15, 0.2) is 11.7 Å². The fourth-order valence-electron chi connectivity index (χ4n) is 1.43. The second kappa shape index (κ2) is 4.26. The average Bonchev–Trinajstić information content (AvgIpc) is 2.85. The van der Waals surface area contributed by atoms with Crippen LogP contribution in [0.25, 0.3) is 0 Å². The molecule has 1 aliphatic heterocycles. The van der Waals surface area contributed by atoms with E-state index in [1.807, 2.05) is 0 Å². The molecule has 5 nitrogen and oxygen atoms in total. The maximum Gasteiger partial charge on any atom is 0.242 e. The summed E-state index contributed by atoms with van der Waals surface area (Å²) in [7, 11) is 0. The SMILES string of the molecule is NC1(C(=O)NCc2cncs2)CCOC1. The van der Waals surface area contributed by atoms with Crippen LogP contribution < -0.4 is 11.1 Å². The first kappa shape index (κ1) is 10.5. The molecule has 1 atom stereocenters. The molecule has 2 rings (SSSR count). The van der Waals surface area contributed by atoms with Gasteiger partial charge in [-0.1, -0.05) is 0 Å². The highest BCUT2D eigenvalue weighted by Gasteiger charge is 2.37. The molecular formula is C9H13N3O2S. The summed E-state index contributed by atoms with van der Waals surface area (Å²) in [6.07, 6.45) is 2.32.